The molecule has 29 heavy (non-hydrogen) atoms. The monoisotopic (exact) mass is 414 g/mol. The molecule has 1 aliphatic heterocycles. The van der Waals surface area contributed by atoms with Crippen molar-refractivity contribution in [3.63, 3.8) is 0 Å². The fraction of sp³-hybridized carbons (Fsp3) is 0.350. The van der Waals surface area contributed by atoms with Crippen molar-refractivity contribution in [2.24, 2.45) is 0 Å². The molecule has 0 spiro atoms. The molecule has 0 atom stereocenters. The van der Waals surface area contributed by atoms with Crippen molar-refractivity contribution in [3.05, 3.63) is 59.5 Å². The molecule has 0 amide bonds. The highest BCUT2D eigenvalue weighted by molar-refractivity contribution is 7.98. The third kappa shape index (κ3) is 4.46. The molecule has 0 bridgehead atoms. The molecular formula is C20H22N4O4S. The van der Waals surface area contributed by atoms with Crippen LogP contribution < -0.4 is 4.90 Å². The lowest BCUT2D eigenvalue weighted by atomic mass is 10.2. The summed E-state index contributed by atoms with van der Waals surface area (Å²) in [7, 11) is 1.36. The Hall–Kier alpha value is -2.78. The Morgan fingerprint density at radius 1 is 1.17 bits per heavy atom. The lowest BCUT2D eigenvalue weighted by Gasteiger charge is -2.28. The first-order chi connectivity index (χ1) is 14.3. The molecule has 1 aliphatic rings. The molecule has 8 nitrogen and oxygen atoms in total. The van der Waals surface area contributed by atoms with Crippen LogP contribution in [0.1, 0.15) is 21.7 Å². The Bertz CT molecular complexity index is 951. The summed E-state index contributed by atoms with van der Waals surface area (Å²) in [6.07, 6.45) is 1.50. The number of esters is 1. The molecule has 2 aromatic heterocycles. The lowest BCUT2D eigenvalue weighted by Crippen LogP contribution is -2.38. The topological polar surface area (TPSA) is 82.6 Å². The van der Waals surface area contributed by atoms with Crippen molar-refractivity contribution in [1.82, 2.24) is 14.8 Å². The average Bonchev–Trinajstić information content (AvgIpc) is 3.40. The molecule has 0 radical (unpaired) electrons. The first-order valence-corrected chi connectivity index (χ1v) is 10.3. The number of methoxy groups -OCH3 is 1. The number of thioether (sulfide) groups is 1. The summed E-state index contributed by atoms with van der Waals surface area (Å²) in [5.74, 6) is 1.43. The van der Waals surface area contributed by atoms with E-state index in [4.69, 9.17) is 13.9 Å². The number of ether oxygens (including phenoxy) is 2. The van der Waals surface area contributed by atoms with Crippen LogP contribution in [0.3, 0.4) is 0 Å². The number of anilines is 1. The van der Waals surface area contributed by atoms with Gasteiger partial charge in [0.15, 0.2) is 5.16 Å². The molecule has 4 rings (SSSR count). The molecule has 3 aromatic rings. The first-order valence-electron chi connectivity index (χ1n) is 9.33. The number of rotatable bonds is 7. The Labute approximate surface area is 172 Å². The van der Waals surface area contributed by atoms with E-state index in [1.165, 1.54) is 25.1 Å². The van der Waals surface area contributed by atoms with Gasteiger partial charge in [-0.2, -0.15) is 0 Å². The van der Waals surface area contributed by atoms with E-state index in [1.54, 1.807) is 6.07 Å². The van der Waals surface area contributed by atoms with Crippen LogP contribution in [0, 0.1) is 0 Å². The number of hydrogen-bond donors (Lipinski definition) is 0. The standard InChI is InChI=1S/C20H22N4O4S/c1-26-18(25)16-7-10-28-17(16)14-29-20-22-21-19(23-8-11-27-12-9-23)24(20)13-15-5-3-2-4-6-15/h2-7,10H,8-9,11-14H2,1H3. The molecule has 3 heterocycles. The summed E-state index contributed by atoms with van der Waals surface area (Å²) in [4.78, 5) is 14.1. The van der Waals surface area contributed by atoms with E-state index in [2.05, 4.69) is 31.8 Å². The van der Waals surface area contributed by atoms with E-state index >= 15 is 0 Å². The van der Waals surface area contributed by atoms with E-state index in [9.17, 15) is 4.79 Å². The van der Waals surface area contributed by atoms with Gasteiger partial charge in [-0.15, -0.1) is 10.2 Å². The van der Waals surface area contributed by atoms with Crippen LogP contribution in [0.2, 0.25) is 0 Å². The van der Waals surface area contributed by atoms with Crippen LogP contribution >= 0.6 is 11.8 Å². The Morgan fingerprint density at radius 3 is 2.72 bits per heavy atom. The Balaban J connectivity index is 1.58. The Kier molecular flexibility index (Phi) is 6.16. The Morgan fingerprint density at radius 2 is 1.97 bits per heavy atom. The molecular weight excluding hydrogens is 392 g/mol. The fourth-order valence-electron chi connectivity index (χ4n) is 3.16. The van der Waals surface area contributed by atoms with E-state index < -0.39 is 5.97 Å². The van der Waals surface area contributed by atoms with Crippen LogP contribution in [-0.2, 0) is 21.8 Å². The third-order valence-electron chi connectivity index (χ3n) is 4.66. The quantitative estimate of drug-likeness (QED) is 0.431. The number of carbonyl (C=O) groups excluding carboxylic acids is 1. The number of hydrogen-bond acceptors (Lipinski definition) is 8. The average molecular weight is 414 g/mol. The van der Waals surface area contributed by atoms with Crippen molar-refractivity contribution in [1.29, 1.82) is 0 Å². The summed E-state index contributed by atoms with van der Waals surface area (Å²) >= 11 is 1.48. The van der Waals surface area contributed by atoms with Gasteiger partial charge in [0.1, 0.15) is 11.3 Å². The fourth-order valence-corrected chi connectivity index (χ4v) is 4.05. The smallest absolute Gasteiger partial charge is 0.341 e. The predicted molar refractivity (Wildman–Crippen MR) is 108 cm³/mol. The van der Waals surface area contributed by atoms with E-state index in [-0.39, 0.29) is 0 Å². The molecule has 1 saturated heterocycles. The van der Waals surface area contributed by atoms with Crippen LogP contribution in [0.5, 0.6) is 0 Å². The van der Waals surface area contributed by atoms with Gasteiger partial charge in [-0.1, -0.05) is 42.1 Å². The van der Waals surface area contributed by atoms with Crippen LogP contribution in [-0.4, -0.2) is 54.1 Å². The zero-order valence-corrected chi connectivity index (χ0v) is 16.9. The van der Waals surface area contributed by atoms with Gasteiger partial charge in [-0.25, -0.2) is 4.79 Å². The van der Waals surface area contributed by atoms with Gasteiger partial charge in [-0.05, 0) is 11.6 Å². The molecule has 1 fully saturated rings. The third-order valence-corrected chi connectivity index (χ3v) is 5.62. The van der Waals surface area contributed by atoms with Gasteiger partial charge >= 0.3 is 5.97 Å². The summed E-state index contributed by atoms with van der Waals surface area (Å²) in [5, 5.41) is 9.63. The number of benzene rings is 1. The largest absolute Gasteiger partial charge is 0.468 e. The summed E-state index contributed by atoms with van der Waals surface area (Å²) in [6, 6.07) is 11.8. The van der Waals surface area contributed by atoms with Crippen molar-refractivity contribution in [3.8, 4) is 0 Å². The highest BCUT2D eigenvalue weighted by atomic mass is 32.2. The number of furan rings is 1. The normalized spacial score (nSPS) is 14.2. The first kappa shape index (κ1) is 19.5. The van der Waals surface area contributed by atoms with Crippen molar-refractivity contribution in [2.45, 2.75) is 17.5 Å². The van der Waals surface area contributed by atoms with Crippen molar-refractivity contribution < 1.29 is 18.7 Å². The molecule has 152 valence electrons. The van der Waals surface area contributed by atoms with Gasteiger partial charge in [0.05, 0.1) is 38.9 Å². The number of carbonyl (C=O) groups is 1. The number of aromatic nitrogens is 3. The predicted octanol–water partition coefficient (Wildman–Crippen LogP) is 2.83. The van der Waals surface area contributed by atoms with Gasteiger partial charge in [-0.3, -0.25) is 4.57 Å². The maximum atomic E-state index is 11.9. The molecule has 0 aliphatic carbocycles. The van der Waals surface area contributed by atoms with Gasteiger partial charge in [0.25, 0.3) is 0 Å². The number of nitrogens with zero attached hydrogens (tertiary/aromatic N) is 4. The molecule has 0 unspecified atom stereocenters. The summed E-state index contributed by atoms with van der Waals surface area (Å²) in [5.41, 5.74) is 1.60. The minimum Gasteiger partial charge on any atom is -0.468 e. The molecule has 1 aromatic carbocycles. The molecule has 9 heteroatoms. The van der Waals surface area contributed by atoms with E-state index in [0.29, 0.717) is 36.8 Å². The highest BCUT2D eigenvalue weighted by Gasteiger charge is 2.22. The zero-order valence-electron chi connectivity index (χ0n) is 16.1. The van der Waals surface area contributed by atoms with Crippen molar-refractivity contribution in [2.75, 3.05) is 38.3 Å². The minimum absolute atomic E-state index is 0.408. The van der Waals surface area contributed by atoms with Crippen LogP contribution in [0.25, 0.3) is 0 Å². The van der Waals surface area contributed by atoms with Crippen LogP contribution in [0.15, 0.2) is 52.2 Å². The maximum Gasteiger partial charge on any atom is 0.341 e. The lowest BCUT2D eigenvalue weighted by molar-refractivity contribution is 0.0598. The van der Waals surface area contributed by atoms with Gasteiger partial charge < -0.3 is 18.8 Å². The van der Waals surface area contributed by atoms with Gasteiger partial charge in [0, 0.05) is 13.1 Å². The summed E-state index contributed by atoms with van der Waals surface area (Å²) < 4.78 is 17.9. The van der Waals surface area contributed by atoms with Crippen molar-refractivity contribution >= 4 is 23.7 Å². The number of morpholine rings is 1. The minimum atomic E-state index is -0.408. The van der Waals surface area contributed by atoms with Crippen LogP contribution in [0.4, 0.5) is 5.95 Å². The van der Waals surface area contributed by atoms with E-state index in [0.717, 1.165) is 29.8 Å². The van der Waals surface area contributed by atoms with E-state index in [1.807, 2.05) is 18.2 Å². The zero-order chi connectivity index (χ0) is 20.1. The highest BCUT2D eigenvalue weighted by Crippen LogP contribution is 2.28. The maximum absolute atomic E-state index is 11.9. The second kappa shape index (κ2) is 9.15. The summed E-state index contributed by atoms with van der Waals surface area (Å²) in [6.45, 7) is 3.57. The second-order valence-electron chi connectivity index (χ2n) is 6.49. The SMILES string of the molecule is COC(=O)c1ccoc1CSc1nnc(N2CCOCC2)n1Cc1ccccc1. The molecule has 0 N–H and O–H groups in total. The second-order valence-corrected chi connectivity index (χ2v) is 7.43. The van der Waals surface area contributed by atoms with Gasteiger partial charge in [0.2, 0.25) is 5.95 Å². The molecule has 0 saturated carbocycles.